The van der Waals surface area contributed by atoms with E-state index in [1.165, 1.54) is 5.56 Å². The number of benzene rings is 2. The summed E-state index contributed by atoms with van der Waals surface area (Å²) in [6, 6.07) is 14.7. The van der Waals surface area contributed by atoms with Gasteiger partial charge in [0.05, 0.1) is 5.56 Å². The van der Waals surface area contributed by atoms with Gasteiger partial charge in [0.1, 0.15) is 0 Å². The molecule has 0 atom stereocenters. The van der Waals surface area contributed by atoms with Gasteiger partial charge in [0, 0.05) is 41.8 Å². The minimum Gasteiger partial charge on any atom is -0.478 e. The normalized spacial score (nSPS) is 24.3. The SMILES string of the molecule is NCC1(c2cccc(Cl)c2)CCC(N2CCCN(c3cccc(C(=O)O)c3)C2=O)CC1. The van der Waals surface area contributed by atoms with Crippen molar-refractivity contribution < 1.29 is 14.7 Å². The molecule has 1 saturated heterocycles. The van der Waals surface area contributed by atoms with Crippen molar-refractivity contribution in [3.05, 3.63) is 64.7 Å². The van der Waals surface area contributed by atoms with Crippen LogP contribution in [-0.2, 0) is 5.41 Å². The van der Waals surface area contributed by atoms with Crippen LogP contribution >= 0.6 is 11.6 Å². The van der Waals surface area contributed by atoms with Crippen LogP contribution in [0, 0.1) is 0 Å². The number of nitrogens with zero attached hydrogens (tertiary/aromatic N) is 2. The number of urea groups is 1. The minimum absolute atomic E-state index is 0.0400. The maximum atomic E-state index is 13.3. The zero-order valence-corrected chi connectivity index (χ0v) is 18.2. The Labute approximate surface area is 187 Å². The quantitative estimate of drug-likeness (QED) is 0.714. The number of carbonyl (C=O) groups excluding carboxylic acids is 1. The molecule has 6 nitrogen and oxygen atoms in total. The van der Waals surface area contributed by atoms with Gasteiger partial charge in [-0.25, -0.2) is 9.59 Å². The third-order valence-corrected chi connectivity index (χ3v) is 7.08. The lowest BCUT2D eigenvalue weighted by Gasteiger charge is -2.46. The summed E-state index contributed by atoms with van der Waals surface area (Å²) < 4.78 is 0. The molecule has 1 aliphatic heterocycles. The number of anilines is 1. The van der Waals surface area contributed by atoms with E-state index in [0.29, 0.717) is 18.8 Å². The number of nitrogens with two attached hydrogens (primary N) is 1. The van der Waals surface area contributed by atoms with Gasteiger partial charge in [0.25, 0.3) is 0 Å². The third kappa shape index (κ3) is 4.27. The molecule has 4 rings (SSSR count). The zero-order valence-electron chi connectivity index (χ0n) is 17.5. The molecule has 7 heteroatoms. The van der Waals surface area contributed by atoms with Crippen LogP contribution in [0.5, 0.6) is 0 Å². The second-order valence-corrected chi connectivity index (χ2v) is 9.00. The van der Waals surface area contributed by atoms with Crippen molar-refractivity contribution >= 4 is 29.3 Å². The van der Waals surface area contributed by atoms with Crippen LogP contribution in [0.3, 0.4) is 0 Å². The average Bonchev–Trinajstić information content (AvgIpc) is 2.79. The molecule has 2 aliphatic rings. The number of carboxylic acid groups (broad SMARTS) is 1. The van der Waals surface area contributed by atoms with Crippen LogP contribution in [-0.4, -0.2) is 47.7 Å². The van der Waals surface area contributed by atoms with E-state index in [1.54, 1.807) is 29.2 Å². The van der Waals surface area contributed by atoms with E-state index in [0.717, 1.165) is 43.7 Å². The fourth-order valence-corrected chi connectivity index (χ4v) is 5.22. The molecule has 3 N–H and O–H groups in total. The Kier molecular flexibility index (Phi) is 6.21. The predicted molar refractivity (Wildman–Crippen MR) is 122 cm³/mol. The summed E-state index contributed by atoms with van der Waals surface area (Å²) in [5, 5.41) is 10.0. The van der Waals surface area contributed by atoms with E-state index in [1.807, 2.05) is 23.1 Å². The molecular weight excluding hydrogens is 414 g/mol. The van der Waals surface area contributed by atoms with Gasteiger partial charge in [-0.3, -0.25) is 4.90 Å². The van der Waals surface area contributed by atoms with Crippen LogP contribution in [0.15, 0.2) is 48.5 Å². The summed E-state index contributed by atoms with van der Waals surface area (Å²) in [7, 11) is 0. The maximum absolute atomic E-state index is 13.3. The van der Waals surface area contributed by atoms with Crippen molar-refractivity contribution in [2.75, 3.05) is 24.5 Å². The van der Waals surface area contributed by atoms with Crippen molar-refractivity contribution in [3.8, 4) is 0 Å². The molecule has 0 bridgehead atoms. The second kappa shape index (κ2) is 8.89. The van der Waals surface area contributed by atoms with Gasteiger partial charge in [-0.2, -0.15) is 0 Å². The van der Waals surface area contributed by atoms with Crippen LogP contribution in [0.2, 0.25) is 5.02 Å². The van der Waals surface area contributed by atoms with Crippen molar-refractivity contribution in [1.29, 1.82) is 0 Å². The molecule has 0 unspecified atom stereocenters. The Morgan fingerprint density at radius 3 is 2.55 bits per heavy atom. The molecule has 1 aliphatic carbocycles. The first-order valence-electron chi connectivity index (χ1n) is 10.8. The van der Waals surface area contributed by atoms with E-state index in [2.05, 4.69) is 6.07 Å². The number of halogens is 1. The van der Waals surface area contributed by atoms with E-state index in [9.17, 15) is 14.7 Å². The monoisotopic (exact) mass is 441 g/mol. The van der Waals surface area contributed by atoms with E-state index in [4.69, 9.17) is 17.3 Å². The molecule has 2 aromatic rings. The fourth-order valence-electron chi connectivity index (χ4n) is 5.03. The van der Waals surface area contributed by atoms with Gasteiger partial charge in [-0.1, -0.05) is 29.8 Å². The van der Waals surface area contributed by atoms with Gasteiger partial charge >= 0.3 is 12.0 Å². The first-order valence-corrected chi connectivity index (χ1v) is 11.2. The summed E-state index contributed by atoms with van der Waals surface area (Å²) in [5.41, 5.74) is 8.13. The first kappa shape index (κ1) is 21.7. The minimum atomic E-state index is -0.991. The number of rotatable bonds is 5. The number of aromatic carboxylic acids is 1. The standard InChI is InChI=1S/C24H28ClN3O3/c25-19-6-2-5-18(15-19)24(16-26)10-8-20(9-11-24)27-12-3-13-28(23(27)31)21-7-1-4-17(14-21)22(29)30/h1-2,4-7,14-15,20H,3,8-13,16,26H2,(H,29,30). The second-order valence-electron chi connectivity index (χ2n) is 8.56. The molecule has 31 heavy (non-hydrogen) atoms. The van der Waals surface area contributed by atoms with Crippen molar-refractivity contribution in [1.82, 2.24) is 4.90 Å². The number of amides is 2. The highest BCUT2D eigenvalue weighted by Crippen LogP contribution is 2.41. The number of hydrogen-bond acceptors (Lipinski definition) is 3. The molecule has 2 fully saturated rings. The number of hydrogen-bond donors (Lipinski definition) is 2. The Bertz CT molecular complexity index is 972. The van der Waals surface area contributed by atoms with Crippen LogP contribution < -0.4 is 10.6 Å². The topological polar surface area (TPSA) is 86.9 Å². The highest BCUT2D eigenvalue weighted by Gasteiger charge is 2.40. The van der Waals surface area contributed by atoms with Crippen LogP contribution in [0.1, 0.15) is 48.0 Å². The van der Waals surface area contributed by atoms with Gasteiger partial charge in [-0.05, 0) is 68.0 Å². The average molecular weight is 442 g/mol. The van der Waals surface area contributed by atoms with Crippen LogP contribution in [0.25, 0.3) is 0 Å². The molecule has 2 aromatic carbocycles. The molecule has 164 valence electrons. The summed E-state index contributed by atoms with van der Waals surface area (Å²) in [4.78, 5) is 28.3. The van der Waals surface area contributed by atoms with Gasteiger partial charge in [0.2, 0.25) is 0 Å². The summed E-state index contributed by atoms with van der Waals surface area (Å²) in [6.07, 6.45) is 4.45. The Morgan fingerprint density at radius 2 is 1.87 bits per heavy atom. The largest absolute Gasteiger partial charge is 0.478 e. The molecule has 1 saturated carbocycles. The molecule has 0 radical (unpaired) electrons. The maximum Gasteiger partial charge on any atom is 0.335 e. The highest BCUT2D eigenvalue weighted by molar-refractivity contribution is 6.30. The van der Waals surface area contributed by atoms with Gasteiger partial charge in [0.15, 0.2) is 0 Å². The highest BCUT2D eigenvalue weighted by atomic mass is 35.5. The van der Waals surface area contributed by atoms with Gasteiger partial charge < -0.3 is 15.7 Å². The third-order valence-electron chi connectivity index (χ3n) is 6.84. The molecule has 2 amide bonds. The van der Waals surface area contributed by atoms with Crippen molar-refractivity contribution in [2.45, 2.75) is 43.6 Å². The van der Waals surface area contributed by atoms with Crippen molar-refractivity contribution in [3.63, 3.8) is 0 Å². The fraction of sp³-hybridized carbons (Fsp3) is 0.417. The van der Waals surface area contributed by atoms with Crippen LogP contribution in [0.4, 0.5) is 10.5 Å². The Hall–Kier alpha value is -2.57. The lowest BCUT2D eigenvalue weighted by atomic mass is 9.68. The molecular formula is C24H28ClN3O3. The molecule has 0 aromatic heterocycles. The predicted octanol–water partition coefficient (Wildman–Crippen LogP) is 4.51. The summed E-state index contributed by atoms with van der Waals surface area (Å²) in [5.74, 6) is -0.991. The van der Waals surface area contributed by atoms with E-state index in [-0.39, 0.29) is 23.1 Å². The first-order chi connectivity index (χ1) is 14.9. The lowest BCUT2D eigenvalue weighted by molar-refractivity contribution is 0.0696. The summed E-state index contributed by atoms with van der Waals surface area (Å²) in [6.45, 7) is 1.88. The Morgan fingerprint density at radius 1 is 1.13 bits per heavy atom. The van der Waals surface area contributed by atoms with E-state index >= 15 is 0 Å². The Balaban J connectivity index is 1.49. The smallest absolute Gasteiger partial charge is 0.335 e. The molecule has 0 spiro atoms. The molecule has 1 heterocycles. The van der Waals surface area contributed by atoms with Gasteiger partial charge in [-0.15, -0.1) is 0 Å². The van der Waals surface area contributed by atoms with E-state index < -0.39 is 5.97 Å². The number of carbonyl (C=O) groups is 2. The lowest BCUT2D eigenvalue weighted by Crippen LogP contribution is -2.55. The summed E-state index contributed by atoms with van der Waals surface area (Å²) >= 11 is 6.22. The number of carboxylic acids is 1. The van der Waals surface area contributed by atoms with Crippen molar-refractivity contribution in [2.24, 2.45) is 5.73 Å². The zero-order chi connectivity index (χ0) is 22.0.